The second kappa shape index (κ2) is 13.2. The zero-order valence-corrected chi connectivity index (χ0v) is 19.2. The number of aliphatic hydroxyl groups is 1. The number of benzene rings is 2. The van der Waals surface area contributed by atoms with Crippen LogP contribution in [-0.2, 0) is 0 Å². The summed E-state index contributed by atoms with van der Waals surface area (Å²) in [5.41, 5.74) is 0.738. The van der Waals surface area contributed by atoms with E-state index in [4.69, 9.17) is 9.47 Å². The van der Waals surface area contributed by atoms with Crippen molar-refractivity contribution >= 4 is 29.9 Å². The normalized spacial score (nSPS) is 13.1. The Hall–Kier alpha value is -2.07. The van der Waals surface area contributed by atoms with Crippen LogP contribution in [0.3, 0.4) is 0 Å². The second-order valence-corrected chi connectivity index (χ2v) is 6.28. The first-order chi connectivity index (χ1) is 13.5. The molecule has 0 aliphatic heterocycles. The molecule has 0 fully saturated rings. The molecule has 0 spiro atoms. The lowest BCUT2D eigenvalue weighted by Gasteiger charge is -2.18. The van der Waals surface area contributed by atoms with E-state index in [-0.39, 0.29) is 42.4 Å². The van der Waals surface area contributed by atoms with Crippen LogP contribution in [0.5, 0.6) is 11.5 Å². The predicted octanol–water partition coefficient (Wildman–Crippen LogP) is 3.51. The number of ether oxygens (including phenoxy) is 2. The molecule has 2 rings (SSSR count). The second-order valence-electron chi connectivity index (χ2n) is 6.28. The van der Waals surface area contributed by atoms with E-state index in [9.17, 15) is 9.50 Å². The molecule has 0 saturated carbocycles. The number of halogens is 2. The first-order valence-corrected chi connectivity index (χ1v) is 9.28. The summed E-state index contributed by atoms with van der Waals surface area (Å²) in [5, 5.41) is 16.7. The van der Waals surface area contributed by atoms with E-state index in [1.165, 1.54) is 12.1 Å². The summed E-state index contributed by atoms with van der Waals surface area (Å²) in [6.45, 7) is 5.19. The summed E-state index contributed by atoms with van der Waals surface area (Å²) in [5.74, 6) is 1.40. The number of nitrogens with zero attached hydrogens (tertiary/aromatic N) is 1. The van der Waals surface area contributed by atoms with E-state index >= 15 is 0 Å². The van der Waals surface area contributed by atoms with Gasteiger partial charge < -0.3 is 25.2 Å². The molecule has 3 N–H and O–H groups in total. The maximum absolute atomic E-state index is 13.2. The van der Waals surface area contributed by atoms with Crippen LogP contribution in [0.1, 0.15) is 25.5 Å². The molecule has 0 saturated heterocycles. The summed E-state index contributed by atoms with van der Waals surface area (Å²) in [7, 11) is 1.59. The molecular formula is C21H29FIN3O3. The zero-order chi connectivity index (χ0) is 20.4. The average Bonchev–Trinajstić information content (AvgIpc) is 2.70. The van der Waals surface area contributed by atoms with Crippen molar-refractivity contribution in [2.45, 2.75) is 26.1 Å². The Balaban J connectivity index is 0.00000420. The molecule has 0 bridgehead atoms. The maximum atomic E-state index is 13.2. The number of hydrogen-bond acceptors (Lipinski definition) is 4. The summed E-state index contributed by atoms with van der Waals surface area (Å²) in [6.07, 6.45) is -0.944. The van der Waals surface area contributed by atoms with E-state index in [2.05, 4.69) is 15.6 Å². The third kappa shape index (κ3) is 8.86. The minimum absolute atomic E-state index is 0. The van der Waals surface area contributed by atoms with Crippen molar-refractivity contribution < 1.29 is 19.0 Å². The molecule has 0 amide bonds. The van der Waals surface area contributed by atoms with Crippen LogP contribution in [0, 0.1) is 5.82 Å². The standard InChI is InChI=1S/C21H28FN3O3.HI/c1-4-23-21(24-13-15(2)28-19-10-6-8-17(22)12-19)25-14-20(26)16-7-5-9-18(11-16)27-3;/h5-12,15,20,26H,4,13-14H2,1-3H3,(H2,23,24,25);1H. The average molecular weight is 517 g/mol. The van der Waals surface area contributed by atoms with Crippen LogP contribution in [0.15, 0.2) is 53.5 Å². The molecule has 8 heteroatoms. The Morgan fingerprint density at radius 1 is 1.14 bits per heavy atom. The molecule has 0 radical (unpaired) electrons. The smallest absolute Gasteiger partial charge is 0.191 e. The van der Waals surface area contributed by atoms with Crippen LogP contribution in [0.4, 0.5) is 4.39 Å². The number of hydrogen-bond donors (Lipinski definition) is 3. The Morgan fingerprint density at radius 2 is 1.86 bits per heavy atom. The number of rotatable bonds is 9. The fourth-order valence-electron chi connectivity index (χ4n) is 2.53. The van der Waals surface area contributed by atoms with Crippen molar-refractivity contribution in [1.82, 2.24) is 10.6 Å². The van der Waals surface area contributed by atoms with E-state index < -0.39 is 6.10 Å². The third-order valence-corrected chi connectivity index (χ3v) is 3.94. The van der Waals surface area contributed by atoms with Crippen LogP contribution < -0.4 is 20.1 Å². The minimum Gasteiger partial charge on any atom is -0.497 e. The van der Waals surface area contributed by atoms with Gasteiger partial charge in [0.15, 0.2) is 5.96 Å². The number of nitrogens with one attached hydrogen (secondary N) is 2. The molecule has 2 aromatic carbocycles. The molecule has 0 heterocycles. The topological polar surface area (TPSA) is 75.1 Å². The highest BCUT2D eigenvalue weighted by Gasteiger charge is 2.10. The van der Waals surface area contributed by atoms with Gasteiger partial charge in [-0.1, -0.05) is 18.2 Å². The van der Waals surface area contributed by atoms with Gasteiger partial charge in [0.1, 0.15) is 23.4 Å². The predicted molar refractivity (Wildman–Crippen MR) is 124 cm³/mol. The monoisotopic (exact) mass is 517 g/mol. The Morgan fingerprint density at radius 3 is 2.55 bits per heavy atom. The van der Waals surface area contributed by atoms with Gasteiger partial charge in [-0.05, 0) is 43.7 Å². The first-order valence-electron chi connectivity index (χ1n) is 9.28. The quantitative estimate of drug-likeness (QED) is 0.270. The minimum atomic E-state index is -0.744. The van der Waals surface area contributed by atoms with Crippen molar-refractivity contribution in [1.29, 1.82) is 0 Å². The largest absolute Gasteiger partial charge is 0.497 e. The van der Waals surface area contributed by atoms with Crippen LogP contribution >= 0.6 is 24.0 Å². The first kappa shape index (κ1) is 25.0. The molecule has 2 atom stereocenters. The number of aliphatic imine (C=N–C) groups is 1. The van der Waals surface area contributed by atoms with Crippen molar-refractivity contribution in [2.75, 3.05) is 26.7 Å². The molecule has 0 aliphatic carbocycles. The number of guanidine groups is 1. The van der Waals surface area contributed by atoms with Gasteiger partial charge >= 0.3 is 0 Å². The molecule has 0 aliphatic rings. The van der Waals surface area contributed by atoms with E-state index in [1.807, 2.05) is 32.0 Å². The number of aliphatic hydroxyl groups excluding tert-OH is 1. The SMILES string of the molecule is CCNC(=NCC(O)c1cccc(OC)c1)NCC(C)Oc1cccc(F)c1.I. The molecule has 160 valence electrons. The Bertz CT molecular complexity index is 776. The summed E-state index contributed by atoms with van der Waals surface area (Å²) in [6, 6.07) is 13.3. The lowest BCUT2D eigenvalue weighted by Crippen LogP contribution is -2.42. The highest BCUT2D eigenvalue weighted by Crippen LogP contribution is 2.19. The Kier molecular flexibility index (Phi) is 11.4. The van der Waals surface area contributed by atoms with Crippen molar-refractivity contribution in [3.63, 3.8) is 0 Å². The fourth-order valence-corrected chi connectivity index (χ4v) is 2.53. The van der Waals surface area contributed by atoms with Crippen LogP contribution in [-0.4, -0.2) is 43.9 Å². The van der Waals surface area contributed by atoms with Crippen molar-refractivity contribution in [3.8, 4) is 11.5 Å². The lowest BCUT2D eigenvalue weighted by molar-refractivity contribution is 0.186. The summed E-state index contributed by atoms with van der Waals surface area (Å²) >= 11 is 0. The summed E-state index contributed by atoms with van der Waals surface area (Å²) in [4.78, 5) is 4.43. The molecule has 29 heavy (non-hydrogen) atoms. The number of methoxy groups -OCH3 is 1. The maximum Gasteiger partial charge on any atom is 0.191 e. The molecule has 2 aromatic rings. The van der Waals surface area contributed by atoms with Crippen LogP contribution in [0.2, 0.25) is 0 Å². The van der Waals surface area contributed by atoms with Gasteiger partial charge in [0.25, 0.3) is 0 Å². The molecule has 2 unspecified atom stereocenters. The molecule has 0 aromatic heterocycles. The van der Waals surface area contributed by atoms with Gasteiger partial charge in [-0.25, -0.2) is 4.39 Å². The van der Waals surface area contributed by atoms with Gasteiger partial charge in [0.2, 0.25) is 0 Å². The van der Waals surface area contributed by atoms with Crippen molar-refractivity contribution in [3.05, 3.63) is 59.9 Å². The van der Waals surface area contributed by atoms with E-state index in [0.717, 1.165) is 5.56 Å². The van der Waals surface area contributed by atoms with Gasteiger partial charge in [-0.2, -0.15) is 0 Å². The lowest BCUT2D eigenvalue weighted by atomic mass is 10.1. The summed E-state index contributed by atoms with van der Waals surface area (Å²) < 4.78 is 24.1. The van der Waals surface area contributed by atoms with Gasteiger partial charge in [0, 0.05) is 12.6 Å². The van der Waals surface area contributed by atoms with Gasteiger partial charge in [-0.15, -0.1) is 24.0 Å². The highest BCUT2D eigenvalue weighted by atomic mass is 127. The zero-order valence-electron chi connectivity index (χ0n) is 16.9. The van der Waals surface area contributed by atoms with E-state index in [0.29, 0.717) is 30.5 Å². The van der Waals surface area contributed by atoms with Crippen LogP contribution in [0.25, 0.3) is 0 Å². The highest BCUT2D eigenvalue weighted by molar-refractivity contribution is 14.0. The Labute approximate surface area is 188 Å². The fraction of sp³-hybridized carbons (Fsp3) is 0.381. The molecule has 6 nitrogen and oxygen atoms in total. The van der Waals surface area contributed by atoms with Gasteiger partial charge in [0.05, 0.1) is 26.3 Å². The van der Waals surface area contributed by atoms with Crippen molar-refractivity contribution in [2.24, 2.45) is 4.99 Å². The molecular weight excluding hydrogens is 488 g/mol. The van der Waals surface area contributed by atoms with Gasteiger partial charge in [-0.3, -0.25) is 4.99 Å². The third-order valence-electron chi connectivity index (χ3n) is 3.94. The van der Waals surface area contributed by atoms with E-state index in [1.54, 1.807) is 25.3 Å².